The number of amides is 2. The van der Waals surface area contributed by atoms with E-state index in [4.69, 9.17) is 9.25 Å². The Kier molecular flexibility index (Phi) is 3.92. The number of fused-ring (bicyclic) bond motifs is 1. The van der Waals surface area contributed by atoms with Gasteiger partial charge in [-0.25, -0.2) is 9.78 Å². The number of rotatable bonds is 5. The Morgan fingerprint density at radius 3 is 2.43 bits per heavy atom. The fourth-order valence-electron chi connectivity index (χ4n) is 2.30. The smallest absolute Gasteiger partial charge is 0.333 e. The number of benzene rings is 1. The van der Waals surface area contributed by atoms with E-state index in [0.29, 0.717) is 29.6 Å². The van der Waals surface area contributed by atoms with E-state index in [1.54, 1.807) is 25.3 Å². The first-order valence-corrected chi connectivity index (χ1v) is 7.16. The van der Waals surface area contributed by atoms with Gasteiger partial charge in [0.25, 0.3) is 11.8 Å². The lowest BCUT2D eigenvalue weighted by molar-refractivity contribution is -0.168. The van der Waals surface area contributed by atoms with Crippen molar-refractivity contribution in [2.45, 2.75) is 26.2 Å². The molecule has 7 nitrogen and oxygen atoms in total. The number of imide groups is 1. The quantitative estimate of drug-likeness (QED) is 0.785. The van der Waals surface area contributed by atoms with Gasteiger partial charge < -0.3 is 9.25 Å². The number of oxazole rings is 1. The van der Waals surface area contributed by atoms with E-state index in [0.717, 1.165) is 0 Å². The number of nitrogens with zero attached hydrogens (tertiary/aromatic N) is 2. The molecule has 1 aromatic carbocycles. The second kappa shape index (κ2) is 6.04. The van der Waals surface area contributed by atoms with E-state index in [-0.39, 0.29) is 17.5 Å². The van der Waals surface area contributed by atoms with Crippen LogP contribution < -0.4 is 0 Å². The van der Waals surface area contributed by atoms with Crippen molar-refractivity contribution in [1.82, 2.24) is 10.0 Å². The third-order valence-corrected chi connectivity index (χ3v) is 3.39. The molecule has 0 saturated heterocycles. The van der Waals surface area contributed by atoms with Gasteiger partial charge in [0, 0.05) is 12.8 Å². The second-order valence-electron chi connectivity index (χ2n) is 5.13. The van der Waals surface area contributed by atoms with Crippen LogP contribution in [-0.2, 0) is 16.1 Å². The molecule has 1 aliphatic heterocycles. The van der Waals surface area contributed by atoms with E-state index in [2.05, 4.69) is 4.98 Å². The molecule has 0 spiro atoms. The van der Waals surface area contributed by atoms with Crippen LogP contribution in [0.4, 0.5) is 0 Å². The normalized spacial score (nSPS) is 13.3. The zero-order chi connectivity index (χ0) is 16.4. The van der Waals surface area contributed by atoms with E-state index in [1.165, 1.54) is 12.1 Å². The van der Waals surface area contributed by atoms with Crippen LogP contribution in [0.5, 0.6) is 0 Å². The average molecular weight is 314 g/mol. The van der Waals surface area contributed by atoms with Crippen LogP contribution >= 0.6 is 0 Å². The summed E-state index contributed by atoms with van der Waals surface area (Å²) in [6.07, 6.45) is 2.58. The fraction of sp³-hybridized carbons (Fsp3) is 0.250. The highest BCUT2D eigenvalue weighted by Crippen LogP contribution is 2.23. The van der Waals surface area contributed by atoms with Crippen molar-refractivity contribution in [1.29, 1.82) is 0 Å². The highest BCUT2D eigenvalue weighted by molar-refractivity contribution is 6.20. The Hall–Kier alpha value is -2.96. The maximum absolute atomic E-state index is 12.0. The summed E-state index contributed by atoms with van der Waals surface area (Å²) in [5.74, 6) is -0.656. The number of aryl methyl sites for hydroxylation is 2. The number of hydrogen-bond acceptors (Lipinski definition) is 6. The predicted molar refractivity (Wildman–Crippen MR) is 77.2 cm³/mol. The number of carbonyl (C=O) groups excluding carboxylic acids is 3. The van der Waals surface area contributed by atoms with Gasteiger partial charge in [0.15, 0.2) is 5.89 Å². The topological polar surface area (TPSA) is 89.7 Å². The molecule has 0 aliphatic carbocycles. The molecular weight excluding hydrogens is 300 g/mol. The van der Waals surface area contributed by atoms with Gasteiger partial charge in [0.1, 0.15) is 5.76 Å². The molecule has 1 aromatic heterocycles. The van der Waals surface area contributed by atoms with E-state index < -0.39 is 17.8 Å². The standard InChI is InChI=1S/C16H14N2O5/c1-10-9-17-13(22-10)7-4-8-14(19)23-18-15(20)11-5-2-3-6-12(11)16(18)21/h2-3,5-6,9H,4,7-8H2,1H3. The molecule has 7 heteroatoms. The summed E-state index contributed by atoms with van der Waals surface area (Å²) in [6, 6.07) is 6.34. The zero-order valence-corrected chi connectivity index (χ0v) is 12.4. The van der Waals surface area contributed by atoms with Crippen LogP contribution in [0.3, 0.4) is 0 Å². The summed E-state index contributed by atoms with van der Waals surface area (Å²) < 4.78 is 5.29. The minimum atomic E-state index is -0.650. The molecule has 0 fully saturated rings. The van der Waals surface area contributed by atoms with Crippen molar-refractivity contribution in [2.24, 2.45) is 0 Å². The van der Waals surface area contributed by atoms with Gasteiger partial charge in [0.05, 0.1) is 17.3 Å². The van der Waals surface area contributed by atoms with Gasteiger partial charge in [-0.05, 0) is 25.5 Å². The van der Waals surface area contributed by atoms with E-state index in [1.807, 2.05) is 0 Å². The summed E-state index contributed by atoms with van der Waals surface area (Å²) in [7, 11) is 0. The molecule has 0 bridgehead atoms. The van der Waals surface area contributed by atoms with Crippen molar-refractivity contribution < 1.29 is 23.6 Å². The number of carbonyl (C=O) groups is 3. The molecule has 0 unspecified atom stereocenters. The molecule has 23 heavy (non-hydrogen) atoms. The summed E-state index contributed by atoms with van der Waals surface area (Å²) >= 11 is 0. The Labute approximate surface area is 131 Å². The molecule has 2 heterocycles. The van der Waals surface area contributed by atoms with Gasteiger partial charge in [-0.3, -0.25) is 9.59 Å². The second-order valence-corrected chi connectivity index (χ2v) is 5.13. The van der Waals surface area contributed by atoms with E-state index in [9.17, 15) is 14.4 Å². The Morgan fingerprint density at radius 1 is 1.22 bits per heavy atom. The van der Waals surface area contributed by atoms with Gasteiger partial charge in [0.2, 0.25) is 0 Å². The summed E-state index contributed by atoms with van der Waals surface area (Å²) in [6.45, 7) is 1.78. The van der Waals surface area contributed by atoms with Crippen LogP contribution in [0.2, 0.25) is 0 Å². The Morgan fingerprint density at radius 2 is 1.87 bits per heavy atom. The third-order valence-electron chi connectivity index (χ3n) is 3.39. The third kappa shape index (κ3) is 2.98. The summed E-state index contributed by atoms with van der Waals surface area (Å²) in [5.41, 5.74) is 0.473. The van der Waals surface area contributed by atoms with Crippen LogP contribution in [0.1, 0.15) is 45.2 Å². The first-order chi connectivity index (χ1) is 11.1. The van der Waals surface area contributed by atoms with Crippen molar-refractivity contribution in [3.8, 4) is 0 Å². The van der Waals surface area contributed by atoms with E-state index >= 15 is 0 Å². The number of aromatic nitrogens is 1. The van der Waals surface area contributed by atoms with Crippen LogP contribution in [0, 0.1) is 6.92 Å². The molecule has 0 atom stereocenters. The number of hydrogen-bond donors (Lipinski definition) is 0. The number of hydroxylamine groups is 2. The van der Waals surface area contributed by atoms with Crippen LogP contribution in [0.25, 0.3) is 0 Å². The monoisotopic (exact) mass is 314 g/mol. The Bertz CT molecular complexity index is 745. The molecule has 3 rings (SSSR count). The Balaban J connectivity index is 1.54. The fourth-order valence-corrected chi connectivity index (χ4v) is 2.30. The maximum Gasteiger partial charge on any atom is 0.333 e. The molecule has 0 saturated carbocycles. The molecule has 2 amide bonds. The van der Waals surface area contributed by atoms with Crippen molar-refractivity contribution in [3.63, 3.8) is 0 Å². The van der Waals surface area contributed by atoms with Crippen molar-refractivity contribution in [3.05, 3.63) is 53.2 Å². The lowest BCUT2D eigenvalue weighted by Crippen LogP contribution is -2.32. The average Bonchev–Trinajstić information content (AvgIpc) is 3.05. The molecule has 0 radical (unpaired) electrons. The highest BCUT2D eigenvalue weighted by Gasteiger charge is 2.38. The summed E-state index contributed by atoms with van der Waals surface area (Å²) in [4.78, 5) is 44.8. The zero-order valence-electron chi connectivity index (χ0n) is 12.4. The van der Waals surface area contributed by atoms with Gasteiger partial charge in [-0.15, -0.1) is 0 Å². The first kappa shape index (κ1) is 15.0. The van der Waals surface area contributed by atoms with Crippen molar-refractivity contribution >= 4 is 17.8 Å². The van der Waals surface area contributed by atoms with Gasteiger partial charge >= 0.3 is 5.97 Å². The van der Waals surface area contributed by atoms with Gasteiger partial charge in [-0.1, -0.05) is 17.2 Å². The SMILES string of the molecule is Cc1cnc(CCCC(=O)ON2C(=O)c3ccccc3C2=O)o1. The van der Waals surface area contributed by atoms with Crippen LogP contribution in [0.15, 0.2) is 34.9 Å². The molecule has 0 N–H and O–H groups in total. The lowest BCUT2D eigenvalue weighted by atomic mass is 10.1. The predicted octanol–water partition coefficient (Wildman–Crippen LogP) is 2.06. The molecule has 1 aliphatic rings. The molecule has 118 valence electrons. The van der Waals surface area contributed by atoms with Crippen molar-refractivity contribution in [2.75, 3.05) is 0 Å². The minimum absolute atomic E-state index is 0.0504. The molecular formula is C16H14N2O5. The highest BCUT2D eigenvalue weighted by atomic mass is 16.7. The van der Waals surface area contributed by atoms with Gasteiger partial charge in [-0.2, -0.15) is 0 Å². The maximum atomic E-state index is 12.0. The first-order valence-electron chi connectivity index (χ1n) is 7.16. The largest absolute Gasteiger partial charge is 0.446 e. The molecule has 2 aromatic rings. The minimum Gasteiger partial charge on any atom is -0.446 e. The lowest BCUT2D eigenvalue weighted by Gasteiger charge is -2.12. The van der Waals surface area contributed by atoms with Crippen LogP contribution in [-0.4, -0.2) is 27.8 Å². The summed E-state index contributed by atoms with van der Waals surface area (Å²) in [5, 5.41) is 0.516.